The van der Waals surface area contributed by atoms with Crippen LogP contribution in [0.4, 0.5) is 0 Å². The summed E-state index contributed by atoms with van der Waals surface area (Å²) in [4.78, 5) is 11.4. The van der Waals surface area contributed by atoms with E-state index in [0.717, 1.165) is 32.1 Å². The molecule has 2 fully saturated rings. The molecule has 0 aliphatic heterocycles. The maximum absolute atomic E-state index is 11.4. The highest BCUT2D eigenvalue weighted by atomic mass is 16.1. The third-order valence-corrected chi connectivity index (χ3v) is 4.13. The smallest absolute Gasteiger partial charge is 0.239 e. The summed E-state index contributed by atoms with van der Waals surface area (Å²) in [6.07, 6.45) is 4.70. The zero-order valence-corrected chi connectivity index (χ0v) is 8.49. The van der Waals surface area contributed by atoms with Crippen LogP contribution < -0.4 is 5.73 Å². The Labute approximate surface area is 88.7 Å². The van der Waals surface area contributed by atoms with Crippen molar-refractivity contribution in [2.75, 3.05) is 0 Å². The van der Waals surface area contributed by atoms with Gasteiger partial charge in [0, 0.05) is 5.41 Å². The summed E-state index contributed by atoms with van der Waals surface area (Å²) in [7, 11) is 0. The van der Waals surface area contributed by atoms with Crippen molar-refractivity contribution in [2.45, 2.75) is 32.1 Å². The van der Waals surface area contributed by atoms with E-state index >= 15 is 0 Å². The molecule has 0 unspecified atom stereocenters. The van der Waals surface area contributed by atoms with Gasteiger partial charge in [-0.15, -0.1) is 0 Å². The molecule has 2 rings (SSSR count). The number of primary amides is 1. The molecule has 2 aliphatic rings. The predicted molar refractivity (Wildman–Crippen MR) is 51.9 cm³/mol. The summed E-state index contributed by atoms with van der Waals surface area (Å²) < 4.78 is 0. The highest BCUT2D eigenvalue weighted by Crippen LogP contribution is 2.74. The van der Waals surface area contributed by atoms with E-state index in [1.165, 1.54) is 0 Å². The first-order chi connectivity index (χ1) is 7.15. The van der Waals surface area contributed by atoms with E-state index in [4.69, 9.17) is 16.3 Å². The van der Waals surface area contributed by atoms with E-state index in [-0.39, 0.29) is 0 Å². The Morgan fingerprint density at radius 2 is 1.87 bits per heavy atom. The zero-order chi connectivity index (χ0) is 11.1. The van der Waals surface area contributed by atoms with Gasteiger partial charge in [0.1, 0.15) is 0 Å². The summed E-state index contributed by atoms with van der Waals surface area (Å²) in [5, 5.41) is 18.2. The Morgan fingerprint density at radius 3 is 2.20 bits per heavy atom. The second-order valence-corrected chi connectivity index (χ2v) is 4.56. The van der Waals surface area contributed by atoms with Crippen molar-refractivity contribution in [3.05, 3.63) is 0 Å². The van der Waals surface area contributed by atoms with Crippen molar-refractivity contribution in [2.24, 2.45) is 22.5 Å². The van der Waals surface area contributed by atoms with Gasteiger partial charge in [-0.3, -0.25) is 4.79 Å². The molecular weight excluding hydrogens is 190 g/mol. The van der Waals surface area contributed by atoms with Crippen LogP contribution in [-0.4, -0.2) is 5.91 Å². The van der Waals surface area contributed by atoms with Crippen molar-refractivity contribution in [1.82, 2.24) is 0 Å². The number of amides is 1. The minimum absolute atomic E-state index is 0.416. The van der Waals surface area contributed by atoms with Gasteiger partial charge in [0.15, 0.2) is 5.41 Å². The number of rotatable bonds is 1. The Balaban J connectivity index is 2.39. The Hall–Kier alpha value is -1.55. The average Bonchev–Trinajstić information content (AvgIpc) is 2.80. The number of hydrogen-bond acceptors (Lipinski definition) is 3. The van der Waals surface area contributed by atoms with Gasteiger partial charge in [-0.25, -0.2) is 0 Å². The van der Waals surface area contributed by atoms with E-state index in [2.05, 4.69) is 6.07 Å². The van der Waals surface area contributed by atoms with Gasteiger partial charge in [-0.1, -0.05) is 19.3 Å². The SMILES string of the molecule is N#C[C@@H]1C2(CCCCC2)[C@]1(C#N)C(N)=O. The first-order valence-electron chi connectivity index (χ1n) is 5.26. The summed E-state index contributed by atoms with van der Waals surface area (Å²) in [5.74, 6) is -1.09. The van der Waals surface area contributed by atoms with Crippen LogP contribution >= 0.6 is 0 Å². The van der Waals surface area contributed by atoms with E-state index in [1.807, 2.05) is 6.07 Å². The lowest BCUT2D eigenvalue weighted by molar-refractivity contribution is -0.122. The second kappa shape index (κ2) is 2.97. The molecule has 0 aromatic carbocycles. The molecule has 2 N–H and O–H groups in total. The van der Waals surface area contributed by atoms with E-state index in [0.29, 0.717) is 0 Å². The minimum Gasteiger partial charge on any atom is -0.368 e. The fraction of sp³-hybridized carbons (Fsp3) is 0.727. The van der Waals surface area contributed by atoms with Gasteiger partial charge in [0.25, 0.3) is 0 Å². The normalized spacial score (nSPS) is 36.5. The maximum Gasteiger partial charge on any atom is 0.239 e. The molecule has 0 saturated heterocycles. The molecule has 0 aromatic rings. The molecule has 4 heteroatoms. The van der Waals surface area contributed by atoms with Crippen LogP contribution in [0.25, 0.3) is 0 Å². The van der Waals surface area contributed by atoms with Crippen LogP contribution in [0, 0.1) is 39.4 Å². The number of nitrogens with two attached hydrogens (primary N) is 1. The summed E-state index contributed by atoms with van der Waals surface area (Å²) in [6.45, 7) is 0. The first-order valence-corrected chi connectivity index (χ1v) is 5.26. The molecule has 0 aromatic heterocycles. The van der Waals surface area contributed by atoms with Crippen molar-refractivity contribution in [3.8, 4) is 12.1 Å². The topological polar surface area (TPSA) is 90.7 Å². The van der Waals surface area contributed by atoms with Crippen LogP contribution in [0.1, 0.15) is 32.1 Å². The minimum atomic E-state index is -1.19. The van der Waals surface area contributed by atoms with E-state index < -0.39 is 22.7 Å². The molecule has 0 radical (unpaired) electrons. The third kappa shape index (κ3) is 0.920. The van der Waals surface area contributed by atoms with Gasteiger partial charge in [-0.05, 0) is 12.8 Å². The highest BCUT2D eigenvalue weighted by molar-refractivity contribution is 5.90. The second-order valence-electron chi connectivity index (χ2n) is 4.56. The largest absolute Gasteiger partial charge is 0.368 e. The average molecular weight is 203 g/mol. The molecule has 2 atom stereocenters. The maximum atomic E-state index is 11.4. The standard InChI is InChI=1S/C11H13N3O/c12-6-8-10(4-2-1-3-5-10)11(8,7-13)9(14)15/h8H,1-5H2,(H2,14,15)/t8-,11+/m1/s1. The van der Waals surface area contributed by atoms with Crippen LogP contribution in [0.2, 0.25) is 0 Å². The molecule has 4 nitrogen and oxygen atoms in total. The van der Waals surface area contributed by atoms with Crippen LogP contribution in [-0.2, 0) is 4.79 Å². The Bertz CT molecular complexity index is 384. The monoisotopic (exact) mass is 203 g/mol. The molecule has 0 heterocycles. The van der Waals surface area contributed by atoms with Gasteiger partial charge < -0.3 is 5.73 Å². The number of carbonyl (C=O) groups is 1. The fourth-order valence-electron chi connectivity index (χ4n) is 3.30. The molecule has 15 heavy (non-hydrogen) atoms. The predicted octanol–water partition coefficient (Wildman–Crippen LogP) is 1.09. The lowest BCUT2D eigenvalue weighted by Crippen LogP contribution is -2.30. The van der Waals surface area contributed by atoms with Crippen LogP contribution in [0.15, 0.2) is 0 Å². The number of carbonyl (C=O) groups excluding carboxylic acids is 1. The number of nitrogens with zero attached hydrogens (tertiary/aromatic N) is 2. The zero-order valence-electron chi connectivity index (χ0n) is 8.49. The molecular formula is C11H13N3O. The Kier molecular flexibility index (Phi) is 1.98. The van der Waals surface area contributed by atoms with Gasteiger partial charge in [-0.2, -0.15) is 10.5 Å². The summed E-state index contributed by atoms with van der Waals surface area (Å²) in [5.41, 5.74) is 3.69. The van der Waals surface area contributed by atoms with Crippen LogP contribution in [0.5, 0.6) is 0 Å². The fourth-order valence-corrected chi connectivity index (χ4v) is 3.30. The van der Waals surface area contributed by atoms with Crippen molar-refractivity contribution in [3.63, 3.8) is 0 Å². The summed E-state index contributed by atoms with van der Waals surface area (Å²) >= 11 is 0. The van der Waals surface area contributed by atoms with Crippen molar-refractivity contribution < 1.29 is 4.79 Å². The van der Waals surface area contributed by atoms with Gasteiger partial charge >= 0.3 is 0 Å². The van der Waals surface area contributed by atoms with Crippen LogP contribution in [0.3, 0.4) is 0 Å². The quantitative estimate of drug-likeness (QED) is 0.691. The third-order valence-electron chi connectivity index (χ3n) is 4.13. The molecule has 1 spiro atoms. The summed E-state index contributed by atoms with van der Waals surface area (Å²) in [6, 6.07) is 4.12. The van der Waals surface area contributed by atoms with E-state index in [1.54, 1.807) is 0 Å². The molecule has 78 valence electrons. The lowest BCUT2D eigenvalue weighted by Gasteiger charge is -2.23. The van der Waals surface area contributed by atoms with Gasteiger partial charge in [0.05, 0.1) is 18.1 Å². The lowest BCUT2D eigenvalue weighted by atomic mass is 9.79. The molecule has 0 bridgehead atoms. The number of hydrogen-bond donors (Lipinski definition) is 1. The van der Waals surface area contributed by atoms with Gasteiger partial charge in [0.2, 0.25) is 5.91 Å². The van der Waals surface area contributed by atoms with Crippen molar-refractivity contribution >= 4 is 5.91 Å². The molecule has 2 saturated carbocycles. The molecule has 1 amide bonds. The van der Waals surface area contributed by atoms with Crippen molar-refractivity contribution in [1.29, 1.82) is 10.5 Å². The molecule has 2 aliphatic carbocycles. The van der Waals surface area contributed by atoms with E-state index in [9.17, 15) is 4.79 Å². The number of nitriles is 2. The first kappa shape index (κ1) is 9.98. The Morgan fingerprint density at radius 1 is 1.27 bits per heavy atom. The highest BCUT2D eigenvalue weighted by Gasteiger charge is 2.80.